The van der Waals surface area contributed by atoms with Crippen LogP contribution >= 0.6 is 22.6 Å². The van der Waals surface area contributed by atoms with Crippen LogP contribution in [-0.2, 0) is 0 Å². The van der Waals surface area contributed by atoms with Crippen LogP contribution in [0.5, 0.6) is 5.88 Å². The molecule has 1 heterocycles. The van der Waals surface area contributed by atoms with E-state index in [4.69, 9.17) is 10.00 Å². The van der Waals surface area contributed by atoms with E-state index in [0.29, 0.717) is 0 Å². The van der Waals surface area contributed by atoms with Crippen LogP contribution in [0.4, 0.5) is 8.78 Å². The molecule has 3 nitrogen and oxygen atoms in total. The molecule has 74 valence electrons. The van der Waals surface area contributed by atoms with E-state index in [1.54, 1.807) is 22.6 Å². The van der Waals surface area contributed by atoms with Crippen molar-refractivity contribution in [2.45, 2.75) is 6.43 Å². The summed E-state index contributed by atoms with van der Waals surface area (Å²) in [6, 6.07) is 3.14. The number of alkyl halides is 2. The lowest BCUT2D eigenvalue weighted by Crippen LogP contribution is -2.00. The van der Waals surface area contributed by atoms with Crippen molar-refractivity contribution < 1.29 is 13.5 Å². The molecule has 0 aliphatic rings. The van der Waals surface area contributed by atoms with E-state index in [1.165, 1.54) is 13.2 Å². The maximum atomic E-state index is 12.4. The molecule has 0 amide bonds. The predicted octanol–water partition coefficient (Wildman–Crippen LogP) is 2.50. The summed E-state index contributed by atoms with van der Waals surface area (Å²) in [5.74, 6) is -0.0665. The summed E-state index contributed by atoms with van der Waals surface area (Å²) in [6.45, 7) is 0. The van der Waals surface area contributed by atoms with Crippen LogP contribution in [0.1, 0.15) is 17.7 Å². The minimum Gasteiger partial charge on any atom is -0.480 e. The van der Waals surface area contributed by atoms with E-state index in [0.717, 1.165) is 0 Å². The number of rotatable bonds is 2. The minimum absolute atomic E-state index is 0.0665. The molecule has 0 N–H and O–H groups in total. The summed E-state index contributed by atoms with van der Waals surface area (Å²) in [4.78, 5) is 3.56. The number of ether oxygens (including phenoxy) is 1. The molecule has 0 atom stereocenters. The molecule has 0 bridgehead atoms. The molecule has 0 aliphatic heterocycles. The van der Waals surface area contributed by atoms with Crippen molar-refractivity contribution in [1.82, 2.24) is 4.98 Å². The third kappa shape index (κ3) is 2.09. The molecular formula is C8H5F2IN2O. The molecule has 1 aromatic rings. The zero-order chi connectivity index (χ0) is 10.7. The Morgan fingerprint density at radius 3 is 2.71 bits per heavy atom. The maximum absolute atomic E-state index is 12.4. The van der Waals surface area contributed by atoms with Crippen molar-refractivity contribution in [3.8, 4) is 11.9 Å². The lowest BCUT2D eigenvalue weighted by Gasteiger charge is -2.06. The molecule has 0 spiro atoms. The monoisotopic (exact) mass is 310 g/mol. The topological polar surface area (TPSA) is 45.9 Å². The van der Waals surface area contributed by atoms with Gasteiger partial charge in [0.15, 0.2) is 0 Å². The van der Waals surface area contributed by atoms with Crippen LogP contribution in [0.15, 0.2) is 6.07 Å². The highest BCUT2D eigenvalue weighted by atomic mass is 127. The molecule has 0 unspecified atom stereocenters. The fourth-order valence-corrected chi connectivity index (χ4v) is 1.54. The van der Waals surface area contributed by atoms with E-state index >= 15 is 0 Å². The molecule has 0 aliphatic carbocycles. The number of hydrogen-bond acceptors (Lipinski definition) is 3. The summed E-state index contributed by atoms with van der Waals surface area (Å²) in [6.07, 6.45) is -2.66. The first-order valence-electron chi connectivity index (χ1n) is 3.52. The first-order chi connectivity index (χ1) is 6.60. The lowest BCUT2D eigenvalue weighted by atomic mass is 10.2. The summed E-state index contributed by atoms with van der Waals surface area (Å²) in [5.41, 5.74) is -0.206. The van der Waals surface area contributed by atoms with Crippen LogP contribution in [0, 0.1) is 14.9 Å². The third-order valence-electron chi connectivity index (χ3n) is 1.49. The zero-order valence-corrected chi connectivity index (χ0v) is 9.25. The second-order valence-electron chi connectivity index (χ2n) is 2.32. The van der Waals surface area contributed by atoms with Gasteiger partial charge in [-0.3, -0.25) is 0 Å². The summed E-state index contributed by atoms with van der Waals surface area (Å²) in [7, 11) is 1.28. The molecule has 0 fully saturated rings. The normalized spacial score (nSPS) is 10.0. The van der Waals surface area contributed by atoms with E-state index in [2.05, 4.69) is 4.98 Å². The smallest absolute Gasteiger partial charge is 0.281 e. The first-order valence-corrected chi connectivity index (χ1v) is 4.60. The largest absolute Gasteiger partial charge is 0.480 e. The molecule has 0 radical (unpaired) electrons. The van der Waals surface area contributed by atoms with Gasteiger partial charge >= 0.3 is 0 Å². The van der Waals surface area contributed by atoms with Gasteiger partial charge in [0.2, 0.25) is 5.88 Å². The van der Waals surface area contributed by atoms with Crippen molar-refractivity contribution in [3.63, 3.8) is 0 Å². The molecule has 0 saturated carbocycles. The Kier molecular flexibility index (Phi) is 3.57. The van der Waals surface area contributed by atoms with E-state index in [9.17, 15) is 8.78 Å². The average molecular weight is 310 g/mol. The van der Waals surface area contributed by atoms with E-state index in [-0.39, 0.29) is 20.7 Å². The summed E-state index contributed by atoms with van der Waals surface area (Å²) >= 11 is 1.71. The number of halogens is 3. The quantitative estimate of drug-likeness (QED) is 0.789. The number of pyridine rings is 1. The molecule has 14 heavy (non-hydrogen) atoms. The number of nitriles is 1. The van der Waals surface area contributed by atoms with Gasteiger partial charge in [0.25, 0.3) is 6.43 Å². The number of hydrogen-bond donors (Lipinski definition) is 0. The number of methoxy groups -OCH3 is 1. The molecule has 6 heteroatoms. The second kappa shape index (κ2) is 4.50. The van der Waals surface area contributed by atoms with Gasteiger partial charge in [0.05, 0.1) is 7.11 Å². The highest BCUT2D eigenvalue weighted by Crippen LogP contribution is 2.27. The van der Waals surface area contributed by atoms with Crippen molar-refractivity contribution in [2.75, 3.05) is 7.11 Å². The zero-order valence-electron chi connectivity index (χ0n) is 7.09. The van der Waals surface area contributed by atoms with Crippen molar-refractivity contribution >= 4 is 22.6 Å². The van der Waals surface area contributed by atoms with Gasteiger partial charge in [-0.05, 0) is 28.7 Å². The van der Waals surface area contributed by atoms with E-state index in [1.807, 2.05) is 6.07 Å². The van der Waals surface area contributed by atoms with E-state index < -0.39 is 6.43 Å². The fraction of sp³-hybridized carbons (Fsp3) is 0.250. The van der Waals surface area contributed by atoms with Crippen LogP contribution < -0.4 is 4.74 Å². The summed E-state index contributed by atoms with van der Waals surface area (Å²) < 4.78 is 29.7. The van der Waals surface area contributed by atoms with Gasteiger partial charge in [-0.15, -0.1) is 0 Å². The summed E-state index contributed by atoms with van der Waals surface area (Å²) in [5, 5.41) is 8.64. The van der Waals surface area contributed by atoms with Crippen LogP contribution in [0.25, 0.3) is 0 Å². The Hall–Kier alpha value is -0.970. The second-order valence-corrected chi connectivity index (χ2v) is 3.49. The Morgan fingerprint density at radius 2 is 2.29 bits per heavy atom. The standard InChI is InChI=1S/C8H5F2IN2O/c1-14-8-4(3-12)2-5(11)6(13-8)7(9)10/h2,7H,1H3. The van der Waals surface area contributed by atoms with Crippen molar-refractivity contribution in [1.29, 1.82) is 5.26 Å². The van der Waals surface area contributed by atoms with Crippen LogP contribution in [0.2, 0.25) is 0 Å². The fourth-order valence-electron chi connectivity index (χ4n) is 0.874. The Labute approximate surface area is 92.8 Å². The number of nitrogens with zero attached hydrogens (tertiary/aromatic N) is 2. The molecule has 1 aromatic heterocycles. The van der Waals surface area contributed by atoms with Gasteiger partial charge in [0.1, 0.15) is 17.3 Å². The first kappa shape index (κ1) is 11.1. The van der Waals surface area contributed by atoms with Crippen LogP contribution in [-0.4, -0.2) is 12.1 Å². The van der Waals surface area contributed by atoms with Crippen molar-refractivity contribution in [3.05, 3.63) is 20.9 Å². The minimum atomic E-state index is -2.66. The Balaban J connectivity index is 3.32. The molecule has 1 rings (SSSR count). The molecular weight excluding hydrogens is 305 g/mol. The van der Waals surface area contributed by atoms with Gasteiger partial charge in [0, 0.05) is 3.57 Å². The maximum Gasteiger partial charge on any atom is 0.281 e. The lowest BCUT2D eigenvalue weighted by molar-refractivity contribution is 0.144. The van der Waals surface area contributed by atoms with Gasteiger partial charge in [-0.25, -0.2) is 13.8 Å². The van der Waals surface area contributed by atoms with Crippen LogP contribution in [0.3, 0.4) is 0 Å². The predicted molar refractivity (Wildman–Crippen MR) is 53.2 cm³/mol. The Morgan fingerprint density at radius 1 is 1.64 bits per heavy atom. The average Bonchev–Trinajstić information content (AvgIpc) is 2.16. The highest BCUT2D eigenvalue weighted by molar-refractivity contribution is 14.1. The SMILES string of the molecule is COc1nc(C(F)F)c(I)cc1C#N. The van der Waals surface area contributed by atoms with Gasteiger partial charge in [-0.1, -0.05) is 0 Å². The third-order valence-corrected chi connectivity index (χ3v) is 2.35. The molecule has 0 saturated heterocycles. The Bertz CT molecular complexity index is 389. The van der Waals surface area contributed by atoms with Gasteiger partial charge < -0.3 is 4.74 Å². The number of aromatic nitrogens is 1. The van der Waals surface area contributed by atoms with Crippen molar-refractivity contribution in [2.24, 2.45) is 0 Å². The highest BCUT2D eigenvalue weighted by Gasteiger charge is 2.17. The van der Waals surface area contributed by atoms with Gasteiger partial charge in [-0.2, -0.15) is 5.26 Å². The molecule has 0 aromatic carbocycles.